The number of hydrogen-bond donors (Lipinski definition) is 1. The molecule has 0 aliphatic heterocycles. The first-order valence-corrected chi connectivity index (χ1v) is 6.58. The van der Waals surface area contributed by atoms with E-state index < -0.39 is 5.97 Å². The second kappa shape index (κ2) is 5.63. The van der Waals surface area contributed by atoms with Crippen molar-refractivity contribution in [3.05, 3.63) is 66.4 Å². The fourth-order valence-electron chi connectivity index (χ4n) is 2.16. The number of aromatic nitrogens is 1. The van der Waals surface area contributed by atoms with Gasteiger partial charge in [0.15, 0.2) is 5.69 Å². The van der Waals surface area contributed by atoms with Gasteiger partial charge in [0.25, 0.3) is 0 Å². The molecule has 0 radical (unpaired) electrons. The van der Waals surface area contributed by atoms with Gasteiger partial charge in [-0.2, -0.15) is 0 Å². The first-order chi connectivity index (χ1) is 10.3. The third-order valence-corrected chi connectivity index (χ3v) is 3.17. The molecule has 0 fully saturated rings. The van der Waals surface area contributed by atoms with E-state index in [0.717, 1.165) is 16.5 Å². The number of anilines is 2. The van der Waals surface area contributed by atoms with E-state index in [0.29, 0.717) is 5.82 Å². The maximum Gasteiger partial charge on any atom is 0.356 e. The van der Waals surface area contributed by atoms with Gasteiger partial charge in [-0.1, -0.05) is 42.5 Å². The molecular formula is C17H14N2O2. The summed E-state index contributed by atoms with van der Waals surface area (Å²) in [6.45, 7) is 0. The van der Waals surface area contributed by atoms with Gasteiger partial charge in [0, 0.05) is 11.1 Å². The summed E-state index contributed by atoms with van der Waals surface area (Å²) in [5, 5.41) is 5.14. The SMILES string of the molecule is COC(=O)c1cc2ccccc2c(Nc2ccccc2)n1. The molecule has 1 heterocycles. The molecule has 2 aromatic carbocycles. The molecule has 0 saturated heterocycles. The van der Waals surface area contributed by atoms with Crippen LogP contribution in [-0.2, 0) is 4.74 Å². The van der Waals surface area contributed by atoms with E-state index in [1.807, 2.05) is 54.6 Å². The van der Waals surface area contributed by atoms with E-state index in [9.17, 15) is 4.79 Å². The minimum atomic E-state index is -0.447. The van der Waals surface area contributed by atoms with Crippen molar-refractivity contribution in [2.75, 3.05) is 12.4 Å². The van der Waals surface area contributed by atoms with E-state index in [2.05, 4.69) is 10.3 Å². The lowest BCUT2D eigenvalue weighted by Crippen LogP contribution is -2.06. The van der Waals surface area contributed by atoms with Crippen LogP contribution < -0.4 is 5.32 Å². The highest BCUT2D eigenvalue weighted by atomic mass is 16.5. The first kappa shape index (κ1) is 13.1. The molecule has 3 aromatic rings. The number of nitrogens with zero attached hydrogens (tertiary/aromatic N) is 1. The van der Waals surface area contributed by atoms with Crippen molar-refractivity contribution in [2.24, 2.45) is 0 Å². The highest BCUT2D eigenvalue weighted by Crippen LogP contribution is 2.25. The molecule has 21 heavy (non-hydrogen) atoms. The summed E-state index contributed by atoms with van der Waals surface area (Å²) in [5.41, 5.74) is 1.20. The number of nitrogens with one attached hydrogen (secondary N) is 1. The van der Waals surface area contributed by atoms with Gasteiger partial charge in [0.05, 0.1) is 7.11 Å². The van der Waals surface area contributed by atoms with Crippen molar-refractivity contribution < 1.29 is 9.53 Å². The summed E-state index contributed by atoms with van der Waals surface area (Å²) in [5.74, 6) is 0.191. The normalized spacial score (nSPS) is 10.3. The Morgan fingerprint density at radius 2 is 1.76 bits per heavy atom. The van der Waals surface area contributed by atoms with E-state index in [1.165, 1.54) is 7.11 Å². The quantitative estimate of drug-likeness (QED) is 0.741. The van der Waals surface area contributed by atoms with E-state index in [-0.39, 0.29) is 5.69 Å². The van der Waals surface area contributed by atoms with E-state index in [4.69, 9.17) is 4.74 Å². The number of fused-ring (bicyclic) bond motifs is 1. The number of pyridine rings is 1. The predicted molar refractivity (Wildman–Crippen MR) is 82.8 cm³/mol. The topological polar surface area (TPSA) is 51.2 Å². The van der Waals surface area contributed by atoms with Gasteiger partial charge in [0.2, 0.25) is 0 Å². The monoisotopic (exact) mass is 278 g/mol. The van der Waals surface area contributed by atoms with Crippen LogP contribution in [0.15, 0.2) is 60.7 Å². The lowest BCUT2D eigenvalue weighted by Gasteiger charge is -2.10. The Kier molecular flexibility index (Phi) is 3.51. The highest BCUT2D eigenvalue weighted by molar-refractivity contribution is 5.99. The highest BCUT2D eigenvalue weighted by Gasteiger charge is 2.12. The van der Waals surface area contributed by atoms with Crippen molar-refractivity contribution in [3.8, 4) is 0 Å². The molecule has 0 bridgehead atoms. The summed E-state index contributed by atoms with van der Waals surface area (Å²) in [7, 11) is 1.35. The number of carbonyl (C=O) groups is 1. The van der Waals surface area contributed by atoms with Crippen molar-refractivity contribution in [1.82, 2.24) is 4.98 Å². The Morgan fingerprint density at radius 1 is 1.05 bits per heavy atom. The number of benzene rings is 2. The molecule has 0 aliphatic rings. The Balaban J connectivity index is 2.12. The molecule has 4 nitrogen and oxygen atoms in total. The van der Waals surface area contributed by atoms with Crippen molar-refractivity contribution >= 4 is 28.2 Å². The number of carbonyl (C=O) groups excluding carboxylic acids is 1. The number of esters is 1. The molecule has 0 unspecified atom stereocenters. The molecule has 0 atom stereocenters. The van der Waals surface area contributed by atoms with Crippen molar-refractivity contribution in [3.63, 3.8) is 0 Å². The van der Waals surface area contributed by atoms with Crippen LogP contribution in [0.1, 0.15) is 10.5 Å². The van der Waals surface area contributed by atoms with Crippen molar-refractivity contribution in [1.29, 1.82) is 0 Å². The third kappa shape index (κ3) is 2.69. The smallest absolute Gasteiger partial charge is 0.356 e. The van der Waals surface area contributed by atoms with Gasteiger partial charge in [0.1, 0.15) is 5.82 Å². The maximum absolute atomic E-state index is 11.7. The minimum Gasteiger partial charge on any atom is -0.464 e. The molecule has 0 saturated carbocycles. The first-order valence-electron chi connectivity index (χ1n) is 6.58. The summed E-state index contributed by atoms with van der Waals surface area (Å²) < 4.78 is 4.76. The zero-order chi connectivity index (χ0) is 14.7. The average Bonchev–Trinajstić information content (AvgIpc) is 2.55. The van der Waals surface area contributed by atoms with E-state index in [1.54, 1.807) is 6.07 Å². The lowest BCUT2D eigenvalue weighted by molar-refractivity contribution is 0.0594. The van der Waals surface area contributed by atoms with Gasteiger partial charge in [-0.25, -0.2) is 9.78 Å². The largest absolute Gasteiger partial charge is 0.464 e. The molecule has 1 N–H and O–H groups in total. The Hall–Kier alpha value is -2.88. The number of hydrogen-bond acceptors (Lipinski definition) is 4. The summed E-state index contributed by atoms with van der Waals surface area (Å²) in [6.07, 6.45) is 0. The molecule has 1 aromatic heterocycles. The Morgan fingerprint density at radius 3 is 2.52 bits per heavy atom. The molecule has 0 spiro atoms. The predicted octanol–water partition coefficient (Wildman–Crippen LogP) is 3.77. The fraction of sp³-hybridized carbons (Fsp3) is 0.0588. The van der Waals surface area contributed by atoms with Gasteiger partial charge in [-0.15, -0.1) is 0 Å². The average molecular weight is 278 g/mol. The van der Waals surface area contributed by atoms with Crippen LogP contribution in [0.3, 0.4) is 0 Å². The number of rotatable bonds is 3. The molecular weight excluding hydrogens is 264 g/mol. The van der Waals surface area contributed by atoms with Crippen LogP contribution in [0.5, 0.6) is 0 Å². The van der Waals surface area contributed by atoms with Crippen LogP contribution in [-0.4, -0.2) is 18.1 Å². The number of ether oxygens (including phenoxy) is 1. The fourth-order valence-corrected chi connectivity index (χ4v) is 2.16. The second-order valence-corrected chi connectivity index (χ2v) is 4.56. The molecule has 3 rings (SSSR count). The second-order valence-electron chi connectivity index (χ2n) is 4.56. The standard InChI is InChI=1S/C17H14N2O2/c1-21-17(20)15-11-12-7-5-6-10-14(12)16(19-15)18-13-8-3-2-4-9-13/h2-11H,1H3,(H,18,19). The van der Waals surface area contributed by atoms with Gasteiger partial charge < -0.3 is 10.1 Å². The van der Waals surface area contributed by atoms with Crippen LogP contribution >= 0.6 is 0 Å². The summed E-state index contributed by atoms with van der Waals surface area (Å²) in [4.78, 5) is 16.1. The van der Waals surface area contributed by atoms with E-state index >= 15 is 0 Å². The summed E-state index contributed by atoms with van der Waals surface area (Å²) >= 11 is 0. The zero-order valence-electron chi connectivity index (χ0n) is 11.5. The third-order valence-electron chi connectivity index (χ3n) is 3.17. The number of methoxy groups -OCH3 is 1. The Labute approximate surface area is 122 Å². The van der Waals surface area contributed by atoms with Gasteiger partial charge >= 0.3 is 5.97 Å². The van der Waals surface area contributed by atoms with Gasteiger partial charge in [-0.3, -0.25) is 0 Å². The lowest BCUT2D eigenvalue weighted by atomic mass is 10.1. The van der Waals surface area contributed by atoms with Crippen molar-refractivity contribution in [2.45, 2.75) is 0 Å². The zero-order valence-corrected chi connectivity index (χ0v) is 11.5. The molecule has 4 heteroatoms. The number of para-hydroxylation sites is 1. The van der Waals surface area contributed by atoms with Crippen LogP contribution in [0.2, 0.25) is 0 Å². The maximum atomic E-state index is 11.7. The Bertz CT molecular complexity index is 785. The molecule has 104 valence electrons. The summed E-state index contributed by atoms with van der Waals surface area (Å²) in [6, 6.07) is 19.2. The molecule has 0 aliphatic carbocycles. The molecule has 0 amide bonds. The van der Waals surface area contributed by atoms with Crippen LogP contribution in [0.25, 0.3) is 10.8 Å². The van der Waals surface area contributed by atoms with Crippen LogP contribution in [0, 0.1) is 0 Å². The minimum absolute atomic E-state index is 0.287. The van der Waals surface area contributed by atoms with Gasteiger partial charge in [-0.05, 0) is 23.6 Å². The van der Waals surface area contributed by atoms with Crippen LogP contribution in [0.4, 0.5) is 11.5 Å².